The molecule has 0 spiro atoms. The zero-order valence-corrected chi connectivity index (χ0v) is 16.6. The quantitative estimate of drug-likeness (QED) is 0.633. The van der Waals surface area contributed by atoms with E-state index in [1.165, 1.54) is 6.92 Å². The Kier molecular flexibility index (Phi) is 6.10. The molecule has 8 nitrogen and oxygen atoms in total. The second kappa shape index (κ2) is 8.71. The van der Waals surface area contributed by atoms with Crippen LogP contribution in [0, 0.1) is 6.92 Å². The first-order chi connectivity index (χ1) is 13.5. The summed E-state index contributed by atoms with van der Waals surface area (Å²) in [5.41, 5.74) is 1.69. The summed E-state index contributed by atoms with van der Waals surface area (Å²) < 4.78 is 6.95. The predicted molar refractivity (Wildman–Crippen MR) is 107 cm³/mol. The molecular weight excluding hydrogens is 380 g/mol. The third-order valence-corrected chi connectivity index (χ3v) is 4.33. The van der Waals surface area contributed by atoms with Crippen LogP contribution < -0.4 is 15.4 Å². The number of aromatic nitrogens is 4. The lowest BCUT2D eigenvalue weighted by atomic mass is 10.1. The van der Waals surface area contributed by atoms with Crippen LogP contribution in [0.1, 0.15) is 24.2 Å². The van der Waals surface area contributed by atoms with Gasteiger partial charge in [-0.2, -0.15) is 4.98 Å². The molecule has 2 aromatic heterocycles. The van der Waals surface area contributed by atoms with Crippen molar-refractivity contribution in [1.29, 1.82) is 0 Å². The van der Waals surface area contributed by atoms with Crippen LogP contribution >= 0.6 is 11.6 Å². The topological polar surface area (TPSA) is 94.0 Å². The molecule has 1 atom stereocenters. The molecular formula is C19H21ClN6O2. The fourth-order valence-corrected chi connectivity index (χ4v) is 2.96. The summed E-state index contributed by atoms with van der Waals surface area (Å²) in [6, 6.07) is 7.09. The van der Waals surface area contributed by atoms with Crippen molar-refractivity contribution in [1.82, 2.24) is 24.8 Å². The van der Waals surface area contributed by atoms with E-state index in [0.29, 0.717) is 29.1 Å². The number of benzene rings is 1. The Morgan fingerprint density at radius 2 is 2.14 bits per heavy atom. The van der Waals surface area contributed by atoms with Crippen LogP contribution in [0.15, 0.2) is 43.0 Å². The molecule has 9 heteroatoms. The van der Waals surface area contributed by atoms with E-state index in [9.17, 15) is 4.79 Å². The lowest BCUT2D eigenvalue weighted by Gasteiger charge is -2.21. The van der Waals surface area contributed by atoms with Crippen LogP contribution in [0.3, 0.4) is 0 Å². The maximum atomic E-state index is 11.4. The Bertz CT molecular complexity index is 961. The second-order valence-corrected chi connectivity index (χ2v) is 6.60. The minimum atomic E-state index is -0.253. The molecule has 3 rings (SSSR count). The number of carbonyl (C=O) groups excluding carboxylic acids is 1. The highest BCUT2D eigenvalue weighted by Crippen LogP contribution is 2.29. The highest BCUT2D eigenvalue weighted by Gasteiger charge is 2.16. The van der Waals surface area contributed by atoms with E-state index in [1.807, 2.05) is 25.1 Å². The molecule has 1 unspecified atom stereocenters. The molecule has 1 amide bonds. The SMILES string of the molecule is COc1ccc(C(CNC(C)=O)Nc2cc(C)nc(-n3ccnc3)n2)cc1Cl. The van der Waals surface area contributed by atoms with E-state index in [2.05, 4.69) is 25.6 Å². The van der Waals surface area contributed by atoms with Crippen molar-refractivity contribution in [2.45, 2.75) is 19.9 Å². The van der Waals surface area contributed by atoms with Crippen LogP contribution in [0.4, 0.5) is 5.82 Å². The van der Waals surface area contributed by atoms with E-state index in [-0.39, 0.29) is 11.9 Å². The van der Waals surface area contributed by atoms with Crippen molar-refractivity contribution >= 4 is 23.3 Å². The molecule has 0 bridgehead atoms. The van der Waals surface area contributed by atoms with Gasteiger partial charge in [0.1, 0.15) is 17.9 Å². The zero-order chi connectivity index (χ0) is 20.1. The maximum absolute atomic E-state index is 11.4. The fourth-order valence-electron chi connectivity index (χ4n) is 2.70. The van der Waals surface area contributed by atoms with E-state index >= 15 is 0 Å². The smallest absolute Gasteiger partial charge is 0.237 e. The molecule has 146 valence electrons. The van der Waals surface area contributed by atoms with Gasteiger partial charge in [-0.15, -0.1) is 0 Å². The Labute approximate surface area is 167 Å². The van der Waals surface area contributed by atoms with Gasteiger partial charge in [-0.25, -0.2) is 9.97 Å². The second-order valence-electron chi connectivity index (χ2n) is 6.19. The molecule has 2 heterocycles. The highest BCUT2D eigenvalue weighted by atomic mass is 35.5. The van der Waals surface area contributed by atoms with Gasteiger partial charge in [0.15, 0.2) is 0 Å². The van der Waals surface area contributed by atoms with Crippen LogP contribution in [0.2, 0.25) is 5.02 Å². The fraction of sp³-hybridized carbons (Fsp3) is 0.263. The average Bonchev–Trinajstić information content (AvgIpc) is 3.19. The number of imidazole rings is 1. The molecule has 0 aliphatic rings. The van der Waals surface area contributed by atoms with E-state index < -0.39 is 0 Å². The first-order valence-corrected chi connectivity index (χ1v) is 9.02. The number of aryl methyl sites for hydroxylation is 1. The molecule has 0 fully saturated rings. The van der Waals surface area contributed by atoms with Crippen LogP contribution in [0.5, 0.6) is 5.75 Å². The normalized spacial score (nSPS) is 11.7. The van der Waals surface area contributed by atoms with Crippen molar-refractivity contribution in [3.63, 3.8) is 0 Å². The molecule has 3 aromatic rings. The Balaban J connectivity index is 1.91. The van der Waals surface area contributed by atoms with Crippen LogP contribution in [-0.2, 0) is 4.79 Å². The van der Waals surface area contributed by atoms with Gasteiger partial charge in [-0.05, 0) is 24.6 Å². The number of hydrogen-bond acceptors (Lipinski definition) is 6. The molecule has 0 saturated heterocycles. The number of rotatable bonds is 7. The third-order valence-electron chi connectivity index (χ3n) is 4.03. The monoisotopic (exact) mass is 400 g/mol. The number of ether oxygens (including phenoxy) is 1. The summed E-state index contributed by atoms with van der Waals surface area (Å²) in [5.74, 6) is 1.60. The molecule has 0 aliphatic carbocycles. The summed E-state index contributed by atoms with van der Waals surface area (Å²) in [7, 11) is 1.56. The largest absolute Gasteiger partial charge is 0.495 e. The Hall–Kier alpha value is -3.13. The Morgan fingerprint density at radius 3 is 2.79 bits per heavy atom. The molecule has 2 N–H and O–H groups in total. The van der Waals surface area contributed by atoms with Gasteiger partial charge in [0.05, 0.1) is 18.2 Å². The van der Waals surface area contributed by atoms with Crippen molar-refractivity contribution < 1.29 is 9.53 Å². The van der Waals surface area contributed by atoms with Crippen molar-refractivity contribution in [2.75, 3.05) is 19.0 Å². The van der Waals surface area contributed by atoms with Gasteiger partial charge in [-0.1, -0.05) is 17.7 Å². The van der Waals surface area contributed by atoms with Crippen molar-refractivity contribution in [2.24, 2.45) is 0 Å². The summed E-state index contributed by atoms with van der Waals surface area (Å²) >= 11 is 6.28. The van der Waals surface area contributed by atoms with Gasteiger partial charge in [-0.3, -0.25) is 9.36 Å². The van der Waals surface area contributed by atoms with Crippen LogP contribution in [-0.4, -0.2) is 39.1 Å². The summed E-state index contributed by atoms with van der Waals surface area (Å²) in [4.78, 5) is 24.5. The first-order valence-electron chi connectivity index (χ1n) is 8.64. The average molecular weight is 401 g/mol. The van der Waals surface area contributed by atoms with Crippen LogP contribution in [0.25, 0.3) is 5.95 Å². The maximum Gasteiger partial charge on any atom is 0.237 e. The number of carbonyl (C=O) groups is 1. The minimum Gasteiger partial charge on any atom is -0.495 e. The van der Waals surface area contributed by atoms with Gasteiger partial charge in [0.25, 0.3) is 0 Å². The number of nitrogens with zero attached hydrogens (tertiary/aromatic N) is 4. The summed E-state index contributed by atoms with van der Waals surface area (Å²) in [5, 5.41) is 6.69. The zero-order valence-electron chi connectivity index (χ0n) is 15.8. The van der Waals surface area contributed by atoms with E-state index in [1.54, 1.807) is 36.5 Å². The van der Waals surface area contributed by atoms with Crippen molar-refractivity contribution in [3.8, 4) is 11.7 Å². The number of amides is 1. The standard InChI is InChI=1S/C19H21ClN6O2/c1-12-8-18(25-19(23-12)26-7-6-21-11-26)24-16(10-22-13(2)27)14-4-5-17(28-3)15(20)9-14/h4-9,11,16H,10H2,1-3H3,(H,22,27)(H,23,24,25). The van der Waals surface area contributed by atoms with Gasteiger partial charge < -0.3 is 15.4 Å². The van der Waals surface area contributed by atoms with Gasteiger partial charge in [0, 0.05) is 37.6 Å². The predicted octanol–water partition coefficient (Wildman–Crippen LogP) is 2.92. The van der Waals surface area contributed by atoms with E-state index in [0.717, 1.165) is 11.3 Å². The number of anilines is 1. The molecule has 0 radical (unpaired) electrons. The summed E-state index contributed by atoms with van der Waals surface area (Å²) in [6.07, 6.45) is 5.07. The number of nitrogens with one attached hydrogen (secondary N) is 2. The lowest BCUT2D eigenvalue weighted by molar-refractivity contribution is -0.119. The van der Waals surface area contributed by atoms with Crippen molar-refractivity contribution in [3.05, 3.63) is 59.3 Å². The Morgan fingerprint density at radius 1 is 1.32 bits per heavy atom. The third kappa shape index (κ3) is 4.77. The lowest BCUT2D eigenvalue weighted by Crippen LogP contribution is -2.30. The molecule has 0 aliphatic heterocycles. The number of hydrogen-bond donors (Lipinski definition) is 2. The van der Waals surface area contributed by atoms with Gasteiger partial charge in [0.2, 0.25) is 11.9 Å². The minimum absolute atomic E-state index is 0.121. The van der Waals surface area contributed by atoms with Gasteiger partial charge >= 0.3 is 0 Å². The molecule has 28 heavy (non-hydrogen) atoms. The number of methoxy groups -OCH3 is 1. The first kappa shape index (κ1) is 19.6. The number of halogens is 1. The highest BCUT2D eigenvalue weighted by molar-refractivity contribution is 6.32. The summed E-state index contributed by atoms with van der Waals surface area (Å²) in [6.45, 7) is 3.73. The molecule has 0 saturated carbocycles. The molecule has 1 aromatic carbocycles. The van der Waals surface area contributed by atoms with E-state index in [4.69, 9.17) is 16.3 Å².